The van der Waals surface area contributed by atoms with Crippen molar-refractivity contribution >= 4 is 10.8 Å². The molecule has 2 aromatic rings. The Morgan fingerprint density at radius 3 is 2.92 bits per heavy atom. The molecule has 0 atom stereocenters. The van der Waals surface area contributed by atoms with Crippen LogP contribution in [0.4, 0.5) is 0 Å². The summed E-state index contributed by atoms with van der Waals surface area (Å²) in [4.78, 5) is 0. The first-order valence-corrected chi connectivity index (χ1v) is 3.99. The van der Waals surface area contributed by atoms with E-state index in [1.165, 1.54) is 5.39 Å². The lowest BCUT2D eigenvalue weighted by atomic mass is 10.1. The third kappa shape index (κ3) is 1.19. The Hall–Kier alpha value is -1.34. The number of hydrogen-bond donors (Lipinski definition) is 1. The fraction of sp³-hybridized carbons (Fsp3) is 0.0909. The van der Waals surface area contributed by atoms with Gasteiger partial charge in [-0.05, 0) is 34.5 Å². The van der Waals surface area contributed by atoms with Crippen LogP contribution in [0.3, 0.4) is 0 Å². The Bertz CT molecular complexity index is 393. The fourth-order valence-corrected chi connectivity index (χ4v) is 1.28. The second-order valence-electron chi connectivity index (χ2n) is 2.80. The van der Waals surface area contributed by atoms with E-state index in [-0.39, 0.29) is 0 Å². The average molecular weight is 156 g/mol. The Morgan fingerprint density at radius 1 is 1.25 bits per heavy atom. The van der Waals surface area contributed by atoms with Gasteiger partial charge in [-0.15, -0.1) is 0 Å². The molecular formula is C11H10N. The molecule has 59 valence electrons. The normalized spacial score (nSPS) is 10.4. The smallest absolute Gasteiger partial charge is 0.0178 e. The molecule has 0 aromatic heterocycles. The predicted molar refractivity (Wildman–Crippen MR) is 50.7 cm³/mol. The van der Waals surface area contributed by atoms with Gasteiger partial charge in [-0.1, -0.05) is 24.3 Å². The van der Waals surface area contributed by atoms with Gasteiger partial charge in [-0.2, -0.15) is 0 Å². The Balaban J connectivity index is 2.67. The van der Waals surface area contributed by atoms with Gasteiger partial charge in [0.2, 0.25) is 0 Å². The van der Waals surface area contributed by atoms with Crippen LogP contribution in [0.25, 0.3) is 10.8 Å². The second-order valence-corrected chi connectivity index (χ2v) is 2.80. The third-order valence-electron chi connectivity index (χ3n) is 1.95. The molecule has 0 saturated carbocycles. The molecule has 0 amide bonds. The number of hydrogen-bond acceptors (Lipinski definition) is 1. The van der Waals surface area contributed by atoms with E-state index in [1.54, 1.807) is 0 Å². The quantitative estimate of drug-likeness (QED) is 0.672. The third-order valence-corrected chi connectivity index (χ3v) is 1.95. The lowest BCUT2D eigenvalue weighted by molar-refractivity contribution is 1.07. The highest BCUT2D eigenvalue weighted by atomic mass is 14.5. The summed E-state index contributed by atoms with van der Waals surface area (Å²) in [7, 11) is 0. The van der Waals surface area contributed by atoms with Crippen LogP contribution in [-0.4, -0.2) is 0 Å². The minimum atomic E-state index is 0.585. The molecule has 1 nitrogen and oxygen atoms in total. The van der Waals surface area contributed by atoms with Crippen LogP contribution >= 0.6 is 0 Å². The molecule has 0 unspecified atom stereocenters. The molecule has 0 aliphatic rings. The first-order valence-electron chi connectivity index (χ1n) is 3.99. The molecule has 12 heavy (non-hydrogen) atoms. The van der Waals surface area contributed by atoms with Gasteiger partial charge in [0.25, 0.3) is 0 Å². The lowest BCUT2D eigenvalue weighted by Crippen LogP contribution is -1.95. The first kappa shape index (κ1) is 7.32. The van der Waals surface area contributed by atoms with Crippen molar-refractivity contribution in [1.82, 2.24) is 0 Å². The molecule has 0 bridgehead atoms. The van der Waals surface area contributed by atoms with Gasteiger partial charge >= 0.3 is 0 Å². The van der Waals surface area contributed by atoms with Crippen LogP contribution < -0.4 is 5.73 Å². The number of rotatable bonds is 1. The van der Waals surface area contributed by atoms with E-state index in [0.717, 1.165) is 10.9 Å². The van der Waals surface area contributed by atoms with E-state index in [9.17, 15) is 0 Å². The van der Waals surface area contributed by atoms with Crippen molar-refractivity contribution in [2.75, 3.05) is 0 Å². The van der Waals surface area contributed by atoms with Crippen molar-refractivity contribution in [1.29, 1.82) is 0 Å². The van der Waals surface area contributed by atoms with Gasteiger partial charge in [0.15, 0.2) is 0 Å². The molecule has 0 fully saturated rings. The van der Waals surface area contributed by atoms with Crippen molar-refractivity contribution in [2.24, 2.45) is 5.73 Å². The van der Waals surface area contributed by atoms with Crippen LogP contribution in [0.2, 0.25) is 0 Å². The maximum absolute atomic E-state index is 5.52. The summed E-state index contributed by atoms with van der Waals surface area (Å²) in [5, 5.41) is 2.36. The SMILES string of the molecule is NCc1c[c]c2ccccc2c1. The predicted octanol–water partition coefficient (Wildman–Crippen LogP) is 2.10. The van der Waals surface area contributed by atoms with Crippen LogP contribution in [0.15, 0.2) is 36.4 Å². The largest absolute Gasteiger partial charge is 0.326 e. The van der Waals surface area contributed by atoms with E-state index in [0.29, 0.717) is 6.54 Å². The highest BCUT2D eigenvalue weighted by Crippen LogP contribution is 2.14. The summed E-state index contributed by atoms with van der Waals surface area (Å²) in [6, 6.07) is 15.4. The van der Waals surface area contributed by atoms with Crippen LogP contribution in [0.5, 0.6) is 0 Å². The van der Waals surface area contributed by atoms with Gasteiger partial charge in [0.05, 0.1) is 0 Å². The molecule has 0 aliphatic carbocycles. The summed E-state index contributed by atoms with van der Waals surface area (Å²) in [5.41, 5.74) is 6.65. The van der Waals surface area contributed by atoms with E-state index >= 15 is 0 Å². The van der Waals surface area contributed by atoms with Crippen molar-refractivity contribution in [3.8, 4) is 0 Å². The van der Waals surface area contributed by atoms with Gasteiger partial charge < -0.3 is 5.73 Å². The highest BCUT2D eigenvalue weighted by molar-refractivity contribution is 5.82. The summed E-state index contributed by atoms with van der Waals surface area (Å²) in [6.07, 6.45) is 0. The van der Waals surface area contributed by atoms with Crippen molar-refractivity contribution in [3.63, 3.8) is 0 Å². The van der Waals surface area contributed by atoms with Crippen molar-refractivity contribution < 1.29 is 0 Å². The Morgan fingerprint density at radius 2 is 2.08 bits per heavy atom. The van der Waals surface area contributed by atoms with Gasteiger partial charge in [0.1, 0.15) is 0 Å². The van der Waals surface area contributed by atoms with Crippen LogP contribution in [-0.2, 0) is 6.54 Å². The summed E-state index contributed by atoms with van der Waals surface area (Å²) in [6.45, 7) is 0.585. The number of benzene rings is 2. The molecule has 0 spiro atoms. The molecule has 0 aliphatic heterocycles. The maximum atomic E-state index is 5.52. The minimum Gasteiger partial charge on any atom is -0.326 e. The average Bonchev–Trinajstić information content (AvgIpc) is 2.17. The number of fused-ring (bicyclic) bond motifs is 1. The molecule has 0 saturated heterocycles. The Labute approximate surface area is 71.8 Å². The van der Waals surface area contributed by atoms with E-state index in [2.05, 4.69) is 24.3 Å². The van der Waals surface area contributed by atoms with E-state index in [4.69, 9.17) is 5.73 Å². The van der Waals surface area contributed by atoms with Gasteiger partial charge in [-0.25, -0.2) is 0 Å². The molecule has 2 aromatic carbocycles. The van der Waals surface area contributed by atoms with Crippen LogP contribution in [0, 0.1) is 6.07 Å². The molecule has 2 rings (SSSR count). The van der Waals surface area contributed by atoms with Crippen molar-refractivity contribution in [2.45, 2.75) is 6.54 Å². The molecule has 0 heterocycles. The lowest BCUT2D eigenvalue weighted by Gasteiger charge is -1.99. The Kier molecular flexibility index (Phi) is 1.80. The summed E-state index contributed by atoms with van der Waals surface area (Å²) >= 11 is 0. The fourth-order valence-electron chi connectivity index (χ4n) is 1.28. The van der Waals surface area contributed by atoms with Crippen molar-refractivity contribution in [3.05, 3.63) is 48.0 Å². The topological polar surface area (TPSA) is 26.0 Å². The molecule has 1 radical (unpaired) electrons. The zero-order chi connectivity index (χ0) is 8.39. The van der Waals surface area contributed by atoms with E-state index < -0.39 is 0 Å². The molecule has 1 heteroatoms. The zero-order valence-electron chi connectivity index (χ0n) is 6.75. The number of nitrogens with two attached hydrogens (primary N) is 1. The van der Waals surface area contributed by atoms with Gasteiger partial charge in [-0.3, -0.25) is 0 Å². The second kappa shape index (κ2) is 2.95. The summed E-state index contributed by atoms with van der Waals surface area (Å²) < 4.78 is 0. The molecule has 2 N–H and O–H groups in total. The van der Waals surface area contributed by atoms with Gasteiger partial charge in [0, 0.05) is 6.54 Å². The zero-order valence-corrected chi connectivity index (χ0v) is 6.75. The summed E-state index contributed by atoms with van der Waals surface area (Å²) in [5.74, 6) is 0. The molecular weight excluding hydrogens is 146 g/mol. The van der Waals surface area contributed by atoms with E-state index in [1.807, 2.05) is 18.2 Å². The maximum Gasteiger partial charge on any atom is 0.0178 e. The first-order chi connectivity index (χ1) is 5.90. The monoisotopic (exact) mass is 156 g/mol. The van der Waals surface area contributed by atoms with Crippen LogP contribution in [0.1, 0.15) is 5.56 Å². The highest BCUT2D eigenvalue weighted by Gasteiger charge is 1.92. The minimum absolute atomic E-state index is 0.585. The standard InChI is InChI=1S/C11H10N/c12-8-9-5-6-10-3-1-2-4-11(10)7-9/h1-5,7H,8,12H2.